The van der Waals surface area contributed by atoms with E-state index in [-0.39, 0.29) is 5.60 Å². The van der Waals surface area contributed by atoms with Crippen LogP contribution in [0.15, 0.2) is 0 Å². The van der Waals surface area contributed by atoms with E-state index in [4.69, 9.17) is 9.47 Å². The first kappa shape index (κ1) is 9.90. The topological polar surface area (TPSA) is 25.1 Å². The summed E-state index contributed by atoms with van der Waals surface area (Å²) in [6.07, 6.45) is 8.63. The molecule has 2 nitrogen and oxygen atoms in total. The minimum Gasteiger partial charge on any atom is -0.370 e. The van der Waals surface area contributed by atoms with E-state index in [1.54, 1.807) is 0 Å². The van der Waals surface area contributed by atoms with Crippen molar-refractivity contribution in [3.05, 3.63) is 0 Å². The van der Waals surface area contributed by atoms with Crippen LogP contribution in [0.25, 0.3) is 0 Å². The maximum atomic E-state index is 5.90. The third-order valence-corrected chi connectivity index (χ3v) is 5.51. The van der Waals surface area contributed by atoms with E-state index in [9.17, 15) is 0 Å². The molecule has 0 aromatic heterocycles. The molecule has 2 saturated heterocycles. The fraction of sp³-hybridized carbons (Fsp3) is 1.00. The van der Waals surface area contributed by atoms with Gasteiger partial charge >= 0.3 is 0 Å². The molecule has 2 aliphatic carbocycles. The Balaban J connectivity index is 1.46. The Bertz CT molecular complexity index is 316. The van der Waals surface area contributed by atoms with Gasteiger partial charge in [0.05, 0.1) is 23.9 Å². The first-order chi connectivity index (χ1) is 7.66. The highest BCUT2D eigenvalue weighted by Crippen LogP contribution is 2.56. The fourth-order valence-corrected chi connectivity index (χ4v) is 4.57. The third-order valence-electron chi connectivity index (χ3n) is 5.51. The zero-order valence-corrected chi connectivity index (χ0v) is 10.3. The molecule has 2 aliphatic heterocycles. The standard InChI is InChI=1S/C14H22O2/c1-8-5-10(7-14(2)13(8)16-14)9-3-4-11-12(6-9)15-11/h8-13H,3-7H2,1-2H3. The van der Waals surface area contributed by atoms with Crippen molar-refractivity contribution in [1.82, 2.24) is 0 Å². The largest absolute Gasteiger partial charge is 0.370 e. The quantitative estimate of drug-likeness (QED) is 0.637. The van der Waals surface area contributed by atoms with Crippen molar-refractivity contribution >= 4 is 0 Å². The highest BCUT2D eigenvalue weighted by Gasteiger charge is 2.60. The molecule has 16 heavy (non-hydrogen) atoms. The van der Waals surface area contributed by atoms with Gasteiger partial charge in [-0.25, -0.2) is 0 Å². The van der Waals surface area contributed by atoms with Crippen molar-refractivity contribution in [1.29, 1.82) is 0 Å². The van der Waals surface area contributed by atoms with Crippen LogP contribution in [0.1, 0.15) is 46.0 Å². The van der Waals surface area contributed by atoms with Crippen molar-refractivity contribution < 1.29 is 9.47 Å². The normalized spacial score (nSPS) is 63.4. The Kier molecular flexibility index (Phi) is 1.87. The van der Waals surface area contributed by atoms with Crippen LogP contribution in [0.2, 0.25) is 0 Å². The van der Waals surface area contributed by atoms with Crippen LogP contribution in [0, 0.1) is 17.8 Å². The van der Waals surface area contributed by atoms with Gasteiger partial charge < -0.3 is 9.47 Å². The lowest BCUT2D eigenvalue weighted by atomic mass is 9.68. The van der Waals surface area contributed by atoms with E-state index in [0.29, 0.717) is 18.3 Å². The predicted octanol–water partition coefficient (Wildman–Crippen LogP) is 2.76. The van der Waals surface area contributed by atoms with Gasteiger partial charge in [-0.2, -0.15) is 0 Å². The van der Waals surface area contributed by atoms with Crippen LogP contribution in [-0.2, 0) is 9.47 Å². The summed E-state index contributed by atoms with van der Waals surface area (Å²) in [6, 6.07) is 0. The van der Waals surface area contributed by atoms with Crippen LogP contribution < -0.4 is 0 Å². The van der Waals surface area contributed by atoms with Gasteiger partial charge in [-0.15, -0.1) is 0 Å². The highest BCUT2D eigenvalue weighted by molar-refractivity contribution is 5.08. The van der Waals surface area contributed by atoms with Crippen LogP contribution in [0.5, 0.6) is 0 Å². The molecule has 4 fully saturated rings. The average molecular weight is 222 g/mol. The SMILES string of the molecule is CC1CC(C2CCC3OC3C2)CC2(C)OC12. The van der Waals surface area contributed by atoms with Crippen molar-refractivity contribution in [2.24, 2.45) is 17.8 Å². The summed E-state index contributed by atoms with van der Waals surface area (Å²) >= 11 is 0. The Morgan fingerprint density at radius 3 is 2.69 bits per heavy atom. The minimum atomic E-state index is 0.254. The summed E-state index contributed by atoms with van der Waals surface area (Å²) in [7, 11) is 0. The van der Waals surface area contributed by atoms with Crippen LogP contribution in [0.3, 0.4) is 0 Å². The molecule has 4 aliphatic rings. The van der Waals surface area contributed by atoms with Gasteiger partial charge in [0.25, 0.3) is 0 Å². The van der Waals surface area contributed by atoms with Gasteiger partial charge in [0.2, 0.25) is 0 Å². The molecule has 7 atom stereocenters. The van der Waals surface area contributed by atoms with Gasteiger partial charge in [0.1, 0.15) is 0 Å². The maximum absolute atomic E-state index is 5.90. The molecule has 90 valence electrons. The lowest BCUT2D eigenvalue weighted by Crippen LogP contribution is -2.33. The zero-order chi connectivity index (χ0) is 10.9. The predicted molar refractivity (Wildman–Crippen MR) is 61.2 cm³/mol. The summed E-state index contributed by atoms with van der Waals surface area (Å²) < 4.78 is 11.6. The van der Waals surface area contributed by atoms with Gasteiger partial charge in [-0.1, -0.05) is 6.92 Å². The number of fused-ring (bicyclic) bond motifs is 2. The molecule has 0 aromatic carbocycles. The molecule has 2 saturated carbocycles. The van der Waals surface area contributed by atoms with Gasteiger partial charge in [-0.3, -0.25) is 0 Å². The monoisotopic (exact) mass is 222 g/mol. The Labute approximate surface area is 97.7 Å². The summed E-state index contributed by atoms with van der Waals surface area (Å²) in [4.78, 5) is 0. The lowest BCUT2D eigenvalue weighted by Gasteiger charge is -2.34. The van der Waals surface area contributed by atoms with Gasteiger partial charge in [-0.05, 0) is 56.8 Å². The molecular formula is C14H22O2. The molecular weight excluding hydrogens is 200 g/mol. The zero-order valence-electron chi connectivity index (χ0n) is 10.3. The minimum absolute atomic E-state index is 0.254. The molecule has 0 aromatic rings. The van der Waals surface area contributed by atoms with E-state index in [0.717, 1.165) is 17.8 Å². The summed E-state index contributed by atoms with van der Waals surface area (Å²) in [6.45, 7) is 4.70. The molecule has 7 unspecified atom stereocenters. The smallest absolute Gasteiger partial charge is 0.0926 e. The summed E-state index contributed by atoms with van der Waals surface area (Å²) in [5.74, 6) is 2.61. The molecule has 0 bridgehead atoms. The van der Waals surface area contributed by atoms with Crippen LogP contribution in [-0.4, -0.2) is 23.9 Å². The van der Waals surface area contributed by atoms with E-state index in [1.807, 2.05) is 0 Å². The molecule has 0 N–H and O–H groups in total. The summed E-state index contributed by atoms with van der Waals surface area (Å²) in [5, 5.41) is 0. The van der Waals surface area contributed by atoms with Gasteiger partial charge in [0, 0.05) is 0 Å². The van der Waals surface area contributed by atoms with E-state index in [2.05, 4.69) is 13.8 Å². The Morgan fingerprint density at radius 2 is 1.94 bits per heavy atom. The lowest BCUT2D eigenvalue weighted by molar-refractivity contribution is 0.168. The van der Waals surface area contributed by atoms with Crippen molar-refractivity contribution in [3.8, 4) is 0 Å². The molecule has 0 radical (unpaired) electrons. The second kappa shape index (κ2) is 3.02. The highest BCUT2D eigenvalue weighted by atomic mass is 16.6. The maximum Gasteiger partial charge on any atom is 0.0926 e. The van der Waals surface area contributed by atoms with Crippen molar-refractivity contribution in [3.63, 3.8) is 0 Å². The van der Waals surface area contributed by atoms with Crippen LogP contribution >= 0.6 is 0 Å². The molecule has 4 rings (SSSR count). The molecule has 0 spiro atoms. The molecule has 0 amide bonds. The van der Waals surface area contributed by atoms with E-state index < -0.39 is 0 Å². The van der Waals surface area contributed by atoms with Gasteiger partial charge in [0.15, 0.2) is 0 Å². The fourth-order valence-electron chi connectivity index (χ4n) is 4.57. The molecule has 2 heteroatoms. The number of ether oxygens (including phenoxy) is 2. The van der Waals surface area contributed by atoms with Crippen molar-refractivity contribution in [2.75, 3.05) is 0 Å². The van der Waals surface area contributed by atoms with Crippen molar-refractivity contribution in [2.45, 2.75) is 69.9 Å². The Hall–Kier alpha value is -0.0800. The second-order valence-electron chi connectivity index (χ2n) is 6.81. The summed E-state index contributed by atoms with van der Waals surface area (Å²) in [5.41, 5.74) is 0.254. The number of hydrogen-bond acceptors (Lipinski definition) is 2. The number of hydrogen-bond donors (Lipinski definition) is 0. The Morgan fingerprint density at radius 1 is 1.06 bits per heavy atom. The molecule has 2 heterocycles. The third kappa shape index (κ3) is 1.39. The first-order valence-electron chi connectivity index (χ1n) is 6.99. The number of epoxide rings is 2. The second-order valence-corrected chi connectivity index (χ2v) is 6.81. The first-order valence-corrected chi connectivity index (χ1v) is 6.99. The van der Waals surface area contributed by atoms with E-state index >= 15 is 0 Å². The van der Waals surface area contributed by atoms with Crippen LogP contribution in [0.4, 0.5) is 0 Å². The average Bonchev–Trinajstić information content (AvgIpc) is 3.09. The van der Waals surface area contributed by atoms with E-state index in [1.165, 1.54) is 32.1 Å². The number of rotatable bonds is 1.